The molecule has 0 fully saturated rings. The van der Waals surface area contributed by atoms with Crippen molar-refractivity contribution in [1.82, 2.24) is 0 Å². The van der Waals surface area contributed by atoms with Crippen LogP contribution in [0.1, 0.15) is 11.1 Å². The Kier molecular flexibility index (Phi) is 2.19. The molecule has 0 bridgehead atoms. The molecule has 0 radical (unpaired) electrons. The van der Waals surface area contributed by atoms with Crippen molar-refractivity contribution in [3.63, 3.8) is 0 Å². The molecular formula is C16H10O6. The lowest BCUT2D eigenvalue weighted by Gasteiger charge is -2.12. The van der Waals surface area contributed by atoms with E-state index in [0.717, 1.165) is 17.2 Å². The van der Waals surface area contributed by atoms with Gasteiger partial charge in [-0.25, -0.2) is 9.59 Å². The summed E-state index contributed by atoms with van der Waals surface area (Å²) in [6.07, 6.45) is 0. The average Bonchev–Trinajstić information content (AvgIpc) is 2.47. The van der Waals surface area contributed by atoms with E-state index in [9.17, 15) is 19.8 Å². The molecular weight excluding hydrogens is 288 g/mol. The molecule has 0 unspecified atom stereocenters. The van der Waals surface area contributed by atoms with Crippen molar-refractivity contribution in [2.24, 2.45) is 0 Å². The van der Waals surface area contributed by atoms with Gasteiger partial charge in [-0.3, -0.25) is 0 Å². The predicted molar refractivity (Wildman–Crippen MR) is 80.0 cm³/mol. The lowest BCUT2D eigenvalue weighted by molar-refractivity contribution is 0.398. The van der Waals surface area contributed by atoms with E-state index in [1.54, 1.807) is 19.9 Å². The number of hydrogen-bond donors (Lipinski definition) is 2. The maximum Gasteiger partial charge on any atom is 0.344 e. The monoisotopic (exact) mass is 298 g/mol. The van der Waals surface area contributed by atoms with Crippen LogP contribution in [0.25, 0.3) is 32.7 Å². The van der Waals surface area contributed by atoms with Crippen LogP contribution < -0.4 is 11.3 Å². The summed E-state index contributed by atoms with van der Waals surface area (Å²) < 4.78 is 10.5. The number of aromatic hydroxyl groups is 2. The molecule has 2 aromatic carbocycles. The Balaban J connectivity index is 2.55. The highest BCUT2D eigenvalue weighted by Gasteiger charge is 2.23. The van der Waals surface area contributed by atoms with Gasteiger partial charge in [-0.1, -0.05) is 0 Å². The van der Waals surface area contributed by atoms with E-state index >= 15 is 0 Å². The van der Waals surface area contributed by atoms with Crippen molar-refractivity contribution < 1.29 is 19.0 Å². The van der Waals surface area contributed by atoms with E-state index in [1.807, 2.05) is 0 Å². The smallest absolute Gasteiger partial charge is 0.344 e. The summed E-state index contributed by atoms with van der Waals surface area (Å²) in [6, 6.07) is 2.77. The molecule has 2 heterocycles. The van der Waals surface area contributed by atoms with Gasteiger partial charge in [0.05, 0.1) is 10.8 Å². The van der Waals surface area contributed by atoms with Crippen LogP contribution in [0, 0.1) is 13.8 Å². The summed E-state index contributed by atoms with van der Waals surface area (Å²) in [5, 5.41) is 20.7. The first-order chi connectivity index (χ1) is 10.4. The number of aryl methyl sites for hydroxylation is 2. The summed E-state index contributed by atoms with van der Waals surface area (Å²) in [6.45, 7) is 3.58. The van der Waals surface area contributed by atoms with Gasteiger partial charge >= 0.3 is 11.3 Å². The van der Waals surface area contributed by atoms with Crippen molar-refractivity contribution in [3.05, 3.63) is 44.1 Å². The normalized spacial score (nSPS) is 11.9. The fourth-order valence-corrected chi connectivity index (χ4v) is 2.86. The summed E-state index contributed by atoms with van der Waals surface area (Å²) >= 11 is 0. The molecule has 22 heavy (non-hydrogen) atoms. The Morgan fingerprint density at radius 1 is 0.864 bits per heavy atom. The van der Waals surface area contributed by atoms with Gasteiger partial charge in [0.1, 0.15) is 5.58 Å². The molecule has 0 aliphatic heterocycles. The van der Waals surface area contributed by atoms with Crippen LogP contribution in [0.5, 0.6) is 11.5 Å². The number of benzene rings is 2. The van der Waals surface area contributed by atoms with Crippen molar-refractivity contribution in [1.29, 1.82) is 0 Å². The Morgan fingerprint density at radius 2 is 1.41 bits per heavy atom. The SMILES string of the molecule is Cc1cc2c(=O)oc3c(O)c(O)cc4c(=O)oc(c1C)c2c34. The third-order valence-electron chi connectivity index (χ3n) is 4.10. The van der Waals surface area contributed by atoms with Gasteiger partial charge in [-0.2, -0.15) is 0 Å². The maximum atomic E-state index is 12.2. The Morgan fingerprint density at radius 3 is 2.09 bits per heavy atom. The summed E-state index contributed by atoms with van der Waals surface area (Å²) in [5.74, 6) is -1.12. The van der Waals surface area contributed by atoms with Gasteiger partial charge in [-0.05, 0) is 37.1 Å². The van der Waals surface area contributed by atoms with Crippen molar-refractivity contribution in [2.75, 3.05) is 0 Å². The van der Waals surface area contributed by atoms with Gasteiger partial charge in [0.2, 0.25) is 5.75 Å². The molecule has 0 aliphatic carbocycles. The number of hydrogen-bond acceptors (Lipinski definition) is 6. The van der Waals surface area contributed by atoms with Crippen molar-refractivity contribution >= 4 is 32.7 Å². The van der Waals surface area contributed by atoms with Crippen LogP contribution in [-0.2, 0) is 0 Å². The van der Waals surface area contributed by atoms with Crippen molar-refractivity contribution in [3.8, 4) is 11.5 Å². The third kappa shape index (κ3) is 1.34. The molecule has 0 saturated heterocycles. The largest absolute Gasteiger partial charge is 0.504 e. The minimum Gasteiger partial charge on any atom is -0.504 e. The van der Waals surface area contributed by atoms with E-state index in [0.29, 0.717) is 5.39 Å². The summed E-state index contributed by atoms with van der Waals surface area (Å²) in [4.78, 5) is 24.4. The second-order valence-corrected chi connectivity index (χ2v) is 5.35. The van der Waals surface area contributed by atoms with E-state index in [1.165, 1.54) is 0 Å². The molecule has 110 valence electrons. The predicted octanol–water partition coefficient (Wildman–Crippen LogP) is 2.52. The van der Waals surface area contributed by atoms with E-state index in [4.69, 9.17) is 8.83 Å². The molecule has 2 N–H and O–H groups in total. The minimum absolute atomic E-state index is 0.0507. The van der Waals surface area contributed by atoms with Crippen LogP contribution in [0.4, 0.5) is 0 Å². The highest BCUT2D eigenvalue weighted by Crippen LogP contribution is 2.41. The molecule has 6 heteroatoms. The standard InChI is InChI=1S/C16H10O6/c1-5-3-7-10-11-8(16(20)21-13(10)6(5)2)4-9(17)12(18)14(11)22-15(7)19/h3-4,17-18H,1-2H3. The Labute approximate surface area is 122 Å². The first kappa shape index (κ1) is 12.7. The van der Waals surface area contributed by atoms with Crippen LogP contribution in [0.3, 0.4) is 0 Å². The molecule has 0 spiro atoms. The average molecular weight is 298 g/mol. The molecule has 4 aromatic rings. The van der Waals surface area contributed by atoms with Gasteiger partial charge < -0.3 is 19.0 Å². The molecule has 6 nitrogen and oxygen atoms in total. The molecule has 0 atom stereocenters. The molecule has 0 aliphatic rings. The maximum absolute atomic E-state index is 12.2. The summed E-state index contributed by atoms with van der Waals surface area (Å²) in [5.41, 5.74) is 0.247. The van der Waals surface area contributed by atoms with Gasteiger partial charge in [0.15, 0.2) is 11.3 Å². The zero-order chi connectivity index (χ0) is 15.8. The number of phenols is 2. The van der Waals surface area contributed by atoms with Gasteiger partial charge in [-0.15, -0.1) is 0 Å². The first-order valence-corrected chi connectivity index (χ1v) is 6.58. The van der Waals surface area contributed by atoms with Crippen LogP contribution >= 0.6 is 0 Å². The van der Waals surface area contributed by atoms with Gasteiger partial charge in [0, 0.05) is 10.8 Å². The quantitative estimate of drug-likeness (QED) is 0.294. The van der Waals surface area contributed by atoms with Crippen LogP contribution in [0.15, 0.2) is 30.6 Å². The fourth-order valence-electron chi connectivity index (χ4n) is 2.86. The minimum atomic E-state index is -0.670. The zero-order valence-corrected chi connectivity index (χ0v) is 11.7. The highest BCUT2D eigenvalue weighted by molar-refractivity contribution is 6.21. The van der Waals surface area contributed by atoms with Crippen LogP contribution in [-0.4, -0.2) is 10.2 Å². The lowest BCUT2D eigenvalue weighted by Crippen LogP contribution is -2.08. The van der Waals surface area contributed by atoms with Gasteiger partial charge in [0.25, 0.3) is 0 Å². The van der Waals surface area contributed by atoms with E-state index < -0.39 is 22.8 Å². The molecule has 4 rings (SSSR count). The topological polar surface area (TPSA) is 101 Å². The first-order valence-electron chi connectivity index (χ1n) is 6.58. The fraction of sp³-hybridized carbons (Fsp3) is 0.125. The Hall–Kier alpha value is -3.02. The third-order valence-corrected chi connectivity index (χ3v) is 4.10. The molecule has 2 aromatic heterocycles. The molecule has 0 saturated carbocycles. The van der Waals surface area contributed by atoms with E-state index in [2.05, 4.69) is 0 Å². The molecule has 0 amide bonds. The number of rotatable bonds is 0. The van der Waals surface area contributed by atoms with E-state index in [-0.39, 0.29) is 27.3 Å². The second kappa shape index (κ2) is 3.79. The summed E-state index contributed by atoms with van der Waals surface area (Å²) in [7, 11) is 0. The highest BCUT2D eigenvalue weighted by atomic mass is 16.4. The van der Waals surface area contributed by atoms with Crippen molar-refractivity contribution in [2.45, 2.75) is 13.8 Å². The lowest BCUT2D eigenvalue weighted by atomic mass is 9.97. The van der Waals surface area contributed by atoms with Crippen LogP contribution in [0.2, 0.25) is 0 Å². The number of phenolic OH excluding ortho intramolecular Hbond substituents is 2. The zero-order valence-electron chi connectivity index (χ0n) is 11.7. The Bertz CT molecular complexity index is 1100. The second-order valence-electron chi connectivity index (χ2n) is 5.35.